The van der Waals surface area contributed by atoms with Crippen LogP contribution in [0, 0.1) is 0 Å². The number of nitrogens with one attached hydrogen (secondary N) is 2. The van der Waals surface area contributed by atoms with Gasteiger partial charge >= 0.3 is 0 Å². The van der Waals surface area contributed by atoms with Gasteiger partial charge in [0.1, 0.15) is 6.10 Å². The van der Waals surface area contributed by atoms with E-state index in [1.165, 1.54) is 11.3 Å². The third-order valence-electron chi connectivity index (χ3n) is 3.88. The molecule has 1 unspecified atom stereocenters. The molecule has 0 saturated heterocycles. The highest BCUT2D eigenvalue weighted by Crippen LogP contribution is 2.26. The number of aliphatic hydroxyl groups is 1. The van der Waals surface area contributed by atoms with Crippen molar-refractivity contribution in [1.29, 1.82) is 0 Å². The molecule has 2 heterocycles. The maximum Gasteiger partial charge on any atom is 0.191 e. The van der Waals surface area contributed by atoms with Crippen LogP contribution in [0.15, 0.2) is 53.7 Å². The molecule has 0 aliphatic rings. The molecule has 0 aliphatic heterocycles. The maximum absolute atomic E-state index is 10.3. The molecule has 3 aromatic rings. The van der Waals surface area contributed by atoms with E-state index in [-0.39, 0.29) is 0 Å². The van der Waals surface area contributed by atoms with Crippen molar-refractivity contribution in [2.75, 3.05) is 13.1 Å². The fourth-order valence-electron chi connectivity index (χ4n) is 2.60. The number of aliphatic imine (C=N–C) groups is 1. The quantitative estimate of drug-likeness (QED) is 0.444. The summed E-state index contributed by atoms with van der Waals surface area (Å²) in [5, 5.41) is 17.8. The van der Waals surface area contributed by atoms with Crippen molar-refractivity contribution < 1.29 is 5.11 Å². The predicted molar refractivity (Wildman–Crippen MR) is 109 cm³/mol. The Morgan fingerprint density at radius 1 is 1.23 bits per heavy atom. The Kier molecular flexibility index (Phi) is 6.44. The summed E-state index contributed by atoms with van der Waals surface area (Å²) in [5.41, 5.74) is 2.07. The van der Waals surface area contributed by atoms with Crippen LogP contribution in [0.2, 0.25) is 4.34 Å². The summed E-state index contributed by atoms with van der Waals surface area (Å²) in [4.78, 5) is 9.85. The third kappa shape index (κ3) is 4.72. The van der Waals surface area contributed by atoms with Crippen molar-refractivity contribution in [3.05, 3.63) is 63.4 Å². The van der Waals surface area contributed by atoms with Gasteiger partial charge in [0.25, 0.3) is 0 Å². The van der Waals surface area contributed by atoms with E-state index >= 15 is 0 Å². The van der Waals surface area contributed by atoms with E-state index in [1.807, 2.05) is 37.3 Å². The van der Waals surface area contributed by atoms with Crippen LogP contribution < -0.4 is 10.6 Å². The molecule has 26 heavy (non-hydrogen) atoms. The number of rotatable bonds is 6. The minimum atomic E-state index is -0.627. The Balaban J connectivity index is 1.68. The lowest BCUT2D eigenvalue weighted by atomic mass is 10.1. The van der Waals surface area contributed by atoms with E-state index in [4.69, 9.17) is 11.6 Å². The molecule has 1 atom stereocenters. The lowest BCUT2D eigenvalue weighted by Gasteiger charge is -2.14. The van der Waals surface area contributed by atoms with Crippen LogP contribution in [0.5, 0.6) is 0 Å². The number of aromatic nitrogens is 1. The first-order chi connectivity index (χ1) is 12.7. The number of benzene rings is 1. The highest BCUT2D eigenvalue weighted by Gasteiger charge is 2.11. The fourth-order valence-corrected chi connectivity index (χ4v) is 3.65. The van der Waals surface area contributed by atoms with Crippen LogP contribution in [-0.4, -0.2) is 29.1 Å². The number of fused-ring (bicyclic) bond motifs is 1. The molecule has 3 N–H and O–H groups in total. The number of para-hydroxylation sites is 1. The summed E-state index contributed by atoms with van der Waals surface area (Å²) in [7, 11) is 0. The lowest BCUT2D eigenvalue weighted by molar-refractivity contribution is 0.184. The van der Waals surface area contributed by atoms with Crippen molar-refractivity contribution >= 4 is 39.8 Å². The second-order valence-corrected chi connectivity index (χ2v) is 7.47. The minimum absolute atomic E-state index is 0.361. The number of hydrogen-bond acceptors (Lipinski definition) is 4. The van der Waals surface area contributed by atoms with Crippen molar-refractivity contribution in [2.24, 2.45) is 4.99 Å². The zero-order valence-corrected chi connectivity index (χ0v) is 16.0. The Bertz CT molecular complexity index is 891. The summed E-state index contributed by atoms with van der Waals surface area (Å²) in [6.45, 7) is 3.64. The molecular formula is C19H21ClN4OS. The molecule has 0 saturated carbocycles. The van der Waals surface area contributed by atoms with E-state index in [2.05, 4.69) is 26.7 Å². The number of nitrogens with zero attached hydrogens (tertiary/aromatic N) is 2. The van der Waals surface area contributed by atoms with Gasteiger partial charge in [-0.1, -0.05) is 29.8 Å². The summed E-state index contributed by atoms with van der Waals surface area (Å²) in [5.74, 6) is 0.662. The first kappa shape index (κ1) is 18.6. The molecule has 136 valence electrons. The Hall–Kier alpha value is -2.15. The summed E-state index contributed by atoms with van der Waals surface area (Å²) >= 11 is 7.31. The van der Waals surface area contributed by atoms with Crippen LogP contribution in [0.4, 0.5) is 0 Å². The molecule has 0 amide bonds. The van der Waals surface area contributed by atoms with Gasteiger partial charge in [0.05, 0.1) is 16.4 Å². The van der Waals surface area contributed by atoms with Crippen LogP contribution in [0.25, 0.3) is 10.9 Å². The first-order valence-corrected chi connectivity index (χ1v) is 9.65. The molecule has 3 rings (SSSR count). The molecular weight excluding hydrogens is 368 g/mol. The molecule has 0 spiro atoms. The smallest absolute Gasteiger partial charge is 0.191 e. The average Bonchev–Trinajstić information content (AvgIpc) is 3.10. The van der Waals surface area contributed by atoms with E-state index < -0.39 is 6.10 Å². The number of guanidine groups is 1. The first-order valence-electron chi connectivity index (χ1n) is 8.45. The summed E-state index contributed by atoms with van der Waals surface area (Å²) in [6, 6.07) is 13.6. The zero-order valence-electron chi connectivity index (χ0n) is 14.4. The van der Waals surface area contributed by atoms with Gasteiger partial charge in [-0.25, -0.2) is 4.99 Å². The van der Waals surface area contributed by atoms with Crippen molar-refractivity contribution in [2.45, 2.75) is 19.6 Å². The van der Waals surface area contributed by atoms with Gasteiger partial charge in [-0.2, -0.15) is 0 Å². The second kappa shape index (κ2) is 8.98. The summed E-state index contributed by atoms with van der Waals surface area (Å²) < 4.78 is 0.671. The highest BCUT2D eigenvalue weighted by molar-refractivity contribution is 7.16. The molecule has 2 aromatic heterocycles. The number of halogens is 1. The molecule has 7 heteroatoms. The van der Waals surface area contributed by atoms with Crippen molar-refractivity contribution in [3.8, 4) is 0 Å². The lowest BCUT2D eigenvalue weighted by Crippen LogP contribution is -2.39. The highest BCUT2D eigenvalue weighted by atomic mass is 35.5. The topological polar surface area (TPSA) is 69.5 Å². The van der Waals surface area contributed by atoms with Crippen LogP contribution >= 0.6 is 22.9 Å². The van der Waals surface area contributed by atoms with Gasteiger partial charge in [0.15, 0.2) is 5.96 Å². The molecule has 0 radical (unpaired) electrons. The Morgan fingerprint density at radius 2 is 2.08 bits per heavy atom. The van der Waals surface area contributed by atoms with E-state index in [0.717, 1.165) is 27.9 Å². The zero-order chi connectivity index (χ0) is 18.4. The van der Waals surface area contributed by atoms with E-state index in [9.17, 15) is 5.11 Å². The number of aliphatic hydroxyl groups excluding tert-OH is 1. The number of thiophene rings is 1. The fraction of sp³-hybridized carbons (Fsp3) is 0.263. The van der Waals surface area contributed by atoms with E-state index in [1.54, 1.807) is 12.3 Å². The monoisotopic (exact) mass is 388 g/mol. The van der Waals surface area contributed by atoms with Gasteiger partial charge in [-0.05, 0) is 36.8 Å². The van der Waals surface area contributed by atoms with Crippen LogP contribution in [0.3, 0.4) is 0 Å². The van der Waals surface area contributed by atoms with Gasteiger partial charge in [-0.3, -0.25) is 4.98 Å². The minimum Gasteiger partial charge on any atom is -0.386 e. The molecule has 0 fully saturated rings. The van der Waals surface area contributed by atoms with Gasteiger partial charge in [0.2, 0.25) is 0 Å². The number of pyridine rings is 1. The van der Waals surface area contributed by atoms with Gasteiger partial charge in [-0.15, -0.1) is 11.3 Å². The van der Waals surface area contributed by atoms with Gasteiger partial charge < -0.3 is 15.7 Å². The Morgan fingerprint density at radius 3 is 2.85 bits per heavy atom. The molecule has 0 bridgehead atoms. The SMILES string of the molecule is CCNC(=NCc1ccnc2ccccc12)NCC(O)c1ccc(Cl)s1. The standard InChI is InChI=1S/C19H21ClN4OS/c1-2-21-19(24-12-16(25)17-7-8-18(20)26-17)23-11-13-9-10-22-15-6-4-3-5-14(13)15/h3-10,16,25H,2,11-12H2,1H3,(H2,21,23,24). The normalized spacial score (nSPS) is 13.0. The maximum atomic E-state index is 10.3. The van der Waals surface area contributed by atoms with Crippen LogP contribution in [-0.2, 0) is 6.54 Å². The van der Waals surface area contributed by atoms with Gasteiger partial charge in [0, 0.05) is 29.5 Å². The van der Waals surface area contributed by atoms with Crippen molar-refractivity contribution in [3.63, 3.8) is 0 Å². The van der Waals surface area contributed by atoms with E-state index in [0.29, 0.717) is 23.4 Å². The average molecular weight is 389 g/mol. The van der Waals surface area contributed by atoms with Crippen molar-refractivity contribution in [1.82, 2.24) is 15.6 Å². The largest absolute Gasteiger partial charge is 0.386 e. The third-order valence-corrected chi connectivity index (χ3v) is 5.21. The molecule has 1 aromatic carbocycles. The summed E-state index contributed by atoms with van der Waals surface area (Å²) in [6.07, 6.45) is 1.18. The molecule has 5 nitrogen and oxygen atoms in total. The van der Waals surface area contributed by atoms with Crippen LogP contribution in [0.1, 0.15) is 23.5 Å². The predicted octanol–water partition coefficient (Wildman–Crippen LogP) is 3.74. The molecule has 0 aliphatic carbocycles. The number of hydrogen-bond donors (Lipinski definition) is 3. The second-order valence-electron chi connectivity index (χ2n) is 5.72. The Labute approximate surface area is 161 Å².